The van der Waals surface area contributed by atoms with E-state index in [0.29, 0.717) is 64.2 Å². The summed E-state index contributed by atoms with van der Waals surface area (Å²) in [6.45, 7) is 4.85. The van der Waals surface area contributed by atoms with Gasteiger partial charge in [-0.2, -0.15) is 13.2 Å². The van der Waals surface area contributed by atoms with Crippen molar-refractivity contribution in [2.24, 2.45) is 11.8 Å². The predicted molar refractivity (Wildman–Crippen MR) is 112 cm³/mol. The number of carbonyl (C=O) groups is 2. The summed E-state index contributed by atoms with van der Waals surface area (Å²) in [7, 11) is 0. The molecule has 3 rings (SSSR count). The fourth-order valence-corrected chi connectivity index (χ4v) is 4.46. The smallest absolute Gasteiger partial charge is 0.356 e. The average molecular weight is 461 g/mol. The first-order valence-corrected chi connectivity index (χ1v) is 11.1. The summed E-state index contributed by atoms with van der Waals surface area (Å²) < 4.78 is 38.4. The Bertz CT molecular complexity index is 789. The maximum absolute atomic E-state index is 12.9. The van der Waals surface area contributed by atoms with Crippen LogP contribution in [0.5, 0.6) is 0 Å². The van der Waals surface area contributed by atoms with Crippen molar-refractivity contribution in [3.63, 3.8) is 0 Å². The lowest BCUT2D eigenvalue weighted by atomic mass is 9.91. The molecule has 0 aromatic carbocycles. The van der Waals surface area contributed by atoms with Gasteiger partial charge in [0.1, 0.15) is 5.82 Å². The molecular weight excluding hydrogens is 433 g/mol. The van der Waals surface area contributed by atoms with Gasteiger partial charge < -0.3 is 15.1 Å². The molecule has 2 saturated heterocycles. The second kappa shape index (κ2) is 10.1. The molecule has 1 N–H and O–H groups in total. The Balaban J connectivity index is 1.50. The second-order valence-electron chi connectivity index (χ2n) is 8.18. The number of anilines is 1. The van der Waals surface area contributed by atoms with E-state index >= 15 is 0 Å². The van der Waals surface area contributed by atoms with Crippen LogP contribution in [0.1, 0.15) is 44.6 Å². The molecule has 0 atom stereocenters. The SMILES string of the molecule is CCCNC(=O)C1CCN(C(=O)C2CCN(c3ncc(C(F)(F)F)cc3Cl)CC2)CC1. The summed E-state index contributed by atoms with van der Waals surface area (Å²) >= 11 is 6.05. The topological polar surface area (TPSA) is 65.5 Å². The minimum atomic E-state index is -4.49. The van der Waals surface area contributed by atoms with Gasteiger partial charge >= 0.3 is 6.18 Å². The normalized spacial score (nSPS) is 18.9. The molecule has 0 bridgehead atoms. The Morgan fingerprint density at radius 1 is 1.13 bits per heavy atom. The van der Waals surface area contributed by atoms with Crippen molar-refractivity contribution in [3.05, 3.63) is 22.8 Å². The Hall–Kier alpha value is -2.03. The van der Waals surface area contributed by atoms with E-state index in [1.807, 2.05) is 16.7 Å². The second-order valence-corrected chi connectivity index (χ2v) is 8.59. The van der Waals surface area contributed by atoms with Crippen molar-refractivity contribution in [2.45, 2.75) is 45.2 Å². The summed E-state index contributed by atoms with van der Waals surface area (Å²) in [4.78, 5) is 32.6. The van der Waals surface area contributed by atoms with Crippen molar-refractivity contribution in [2.75, 3.05) is 37.6 Å². The van der Waals surface area contributed by atoms with E-state index in [4.69, 9.17) is 11.6 Å². The lowest BCUT2D eigenvalue weighted by molar-refractivity contribution is -0.139. The molecule has 2 aliphatic rings. The largest absolute Gasteiger partial charge is 0.417 e. The molecule has 2 fully saturated rings. The van der Waals surface area contributed by atoms with Crippen molar-refractivity contribution < 1.29 is 22.8 Å². The maximum atomic E-state index is 12.9. The number of piperidine rings is 2. The fraction of sp³-hybridized carbons (Fsp3) is 0.667. The van der Waals surface area contributed by atoms with Crippen LogP contribution in [0.15, 0.2) is 12.3 Å². The molecule has 0 aliphatic carbocycles. The molecular formula is C21H28ClF3N4O2. The van der Waals surface area contributed by atoms with Gasteiger partial charge in [-0.25, -0.2) is 4.98 Å². The Morgan fingerprint density at radius 3 is 2.29 bits per heavy atom. The molecule has 3 heterocycles. The van der Waals surface area contributed by atoms with Gasteiger partial charge in [-0.3, -0.25) is 9.59 Å². The predicted octanol–water partition coefficient (Wildman–Crippen LogP) is 3.74. The molecule has 0 radical (unpaired) electrons. The van der Waals surface area contributed by atoms with Gasteiger partial charge in [0, 0.05) is 50.8 Å². The molecule has 172 valence electrons. The summed E-state index contributed by atoms with van der Waals surface area (Å²) in [5, 5.41) is 2.88. The van der Waals surface area contributed by atoms with Crippen LogP contribution in [0.3, 0.4) is 0 Å². The molecule has 0 spiro atoms. The number of hydrogen-bond acceptors (Lipinski definition) is 4. The molecule has 0 unspecified atom stereocenters. The molecule has 10 heteroatoms. The summed E-state index contributed by atoms with van der Waals surface area (Å²) in [6.07, 6.45) is -0.271. The number of rotatable bonds is 5. The summed E-state index contributed by atoms with van der Waals surface area (Å²) in [5.74, 6) is 0.321. The summed E-state index contributed by atoms with van der Waals surface area (Å²) in [6, 6.07) is 0.891. The monoisotopic (exact) mass is 460 g/mol. The Kier molecular flexibility index (Phi) is 7.67. The van der Waals surface area contributed by atoms with Gasteiger partial charge in [-0.1, -0.05) is 18.5 Å². The third-order valence-electron chi connectivity index (χ3n) is 6.02. The van der Waals surface area contributed by atoms with E-state index < -0.39 is 11.7 Å². The van der Waals surface area contributed by atoms with E-state index in [1.165, 1.54) is 0 Å². The van der Waals surface area contributed by atoms with E-state index in [9.17, 15) is 22.8 Å². The van der Waals surface area contributed by atoms with E-state index in [0.717, 1.165) is 18.7 Å². The van der Waals surface area contributed by atoms with Gasteiger partial charge in [0.05, 0.1) is 10.6 Å². The van der Waals surface area contributed by atoms with Crippen LogP contribution in [0.25, 0.3) is 0 Å². The van der Waals surface area contributed by atoms with Crippen molar-refractivity contribution in [3.8, 4) is 0 Å². The Morgan fingerprint density at radius 2 is 1.74 bits per heavy atom. The third-order valence-corrected chi connectivity index (χ3v) is 6.30. The van der Waals surface area contributed by atoms with Gasteiger partial charge in [-0.05, 0) is 38.2 Å². The summed E-state index contributed by atoms with van der Waals surface area (Å²) in [5.41, 5.74) is -0.877. The highest BCUT2D eigenvalue weighted by Crippen LogP contribution is 2.35. The Labute approximate surface area is 185 Å². The first kappa shape index (κ1) is 23.6. The minimum Gasteiger partial charge on any atom is -0.356 e. The highest BCUT2D eigenvalue weighted by molar-refractivity contribution is 6.33. The van der Waals surface area contributed by atoms with Crippen LogP contribution in [-0.2, 0) is 15.8 Å². The first-order chi connectivity index (χ1) is 14.7. The van der Waals surface area contributed by atoms with Gasteiger partial charge in [0.15, 0.2) is 0 Å². The number of likely N-dealkylation sites (tertiary alicyclic amines) is 1. The van der Waals surface area contributed by atoms with Crippen LogP contribution < -0.4 is 10.2 Å². The number of nitrogens with one attached hydrogen (secondary N) is 1. The molecule has 0 saturated carbocycles. The fourth-order valence-electron chi connectivity index (χ4n) is 4.17. The number of hydrogen-bond donors (Lipinski definition) is 1. The highest BCUT2D eigenvalue weighted by atomic mass is 35.5. The quantitative estimate of drug-likeness (QED) is 0.727. The number of amides is 2. The number of alkyl halides is 3. The standard InChI is InChI=1S/C21H28ClF3N4O2/c1-2-7-26-19(30)14-3-10-29(11-4-14)20(31)15-5-8-28(9-6-15)18-17(22)12-16(13-27-18)21(23,24)25/h12-15H,2-11H2,1H3,(H,26,30). The number of halogens is 4. The van der Waals surface area contributed by atoms with E-state index in [2.05, 4.69) is 10.3 Å². The van der Waals surface area contributed by atoms with Crippen LogP contribution >= 0.6 is 11.6 Å². The molecule has 6 nitrogen and oxygen atoms in total. The average Bonchev–Trinajstić information content (AvgIpc) is 2.76. The maximum Gasteiger partial charge on any atom is 0.417 e. The van der Waals surface area contributed by atoms with Gasteiger partial charge in [0.25, 0.3) is 0 Å². The third kappa shape index (κ3) is 5.81. The molecule has 1 aromatic rings. The van der Waals surface area contributed by atoms with Crippen LogP contribution in [-0.4, -0.2) is 54.4 Å². The van der Waals surface area contributed by atoms with Crippen LogP contribution in [0.4, 0.5) is 19.0 Å². The van der Waals surface area contributed by atoms with Crippen LogP contribution in [0.2, 0.25) is 5.02 Å². The van der Waals surface area contributed by atoms with Crippen molar-refractivity contribution in [1.29, 1.82) is 0 Å². The van der Waals surface area contributed by atoms with E-state index in [-0.39, 0.29) is 28.7 Å². The zero-order chi connectivity index (χ0) is 22.6. The van der Waals surface area contributed by atoms with Crippen molar-refractivity contribution >= 4 is 29.2 Å². The lowest BCUT2D eigenvalue weighted by Gasteiger charge is -2.37. The lowest BCUT2D eigenvalue weighted by Crippen LogP contribution is -2.47. The number of carbonyl (C=O) groups excluding carboxylic acids is 2. The molecule has 2 amide bonds. The van der Waals surface area contributed by atoms with Gasteiger partial charge in [-0.15, -0.1) is 0 Å². The van der Waals surface area contributed by atoms with Crippen LogP contribution in [0, 0.1) is 11.8 Å². The number of nitrogens with zero attached hydrogens (tertiary/aromatic N) is 3. The number of pyridine rings is 1. The zero-order valence-corrected chi connectivity index (χ0v) is 18.3. The molecule has 31 heavy (non-hydrogen) atoms. The molecule has 1 aromatic heterocycles. The first-order valence-electron chi connectivity index (χ1n) is 10.7. The zero-order valence-electron chi connectivity index (χ0n) is 17.6. The number of aromatic nitrogens is 1. The highest BCUT2D eigenvalue weighted by Gasteiger charge is 2.34. The van der Waals surface area contributed by atoms with Crippen molar-refractivity contribution in [1.82, 2.24) is 15.2 Å². The molecule has 2 aliphatic heterocycles. The van der Waals surface area contributed by atoms with E-state index in [1.54, 1.807) is 0 Å². The van der Waals surface area contributed by atoms with Gasteiger partial charge in [0.2, 0.25) is 11.8 Å². The minimum absolute atomic E-state index is 0.0367.